The fraction of sp³-hybridized carbons (Fsp3) is 0.105. The van der Waals surface area contributed by atoms with E-state index >= 15 is 0 Å². The molecule has 3 aromatic rings. The van der Waals surface area contributed by atoms with Gasteiger partial charge in [-0.1, -0.05) is 48.5 Å². The second kappa shape index (κ2) is 8.07. The zero-order valence-electron chi connectivity index (χ0n) is 14.4. The molecule has 1 aromatic heterocycles. The van der Waals surface area contributed by atoms with Gasteiger partial charge in [0.15, 0.2) is 5.11 Å². The number of anilines is 1. The minimum absolute atomic E-state index is 0.267. The van der Waals surface area contributed by atoms with E-state index in [0.29, 0.717) is 15.7 Å². The van der Waals surface area contributed by atoms with Crippen molar-refractivity contribution < 1.29 is 4.79 Å². The lowest BCUT2D eigenvalue weighted by Gasteiger charge is -2.12. The molecule has 0 radical (unpaired) electrons. The Bertz CT molecular complexity index is 938. The third-order valence-electron chi connectivity index (χ3n) is 3.71. The maximum Gasteiger partial charge on any atom is 0.281 e. The molecule has 3 N–H and O–H groups in total. The van der Waals surface area contributed by atoms with Crippen molar-refractivity contribution in [2.75, 3.05) is 5.32 Å². The van der Waals surface area contributed by atoms with Gasteiger partial charge in [0.05, 0.1) is 5.69 Å². The Hall–Kier alpha value is -2.77. The number of nitrogens with one attached hydrogen (secondary N) is 3. The Morgan fingerprint density at radius 3 is 2.42 bits per heavy atom. The van der Waals surface area contributed by atoms with Crippen LogP contribution in [0.15, 0.2) is 54.6 Å². The average molecular weight is 383 g/mol. The maximum absolute atomic E-state index is 12.4. The number of para-hydroxylation sites is 1. The highest BCUT2D eigenvalue weighted by molar-refractivity contribution is 7.80. The summed E-state index contributed by atoms with van der Waals surface area (Å²) in [5.74, 6) is -0.267. The van der Waals surface area contributed by atoms with Gasteiger partial charge in [0, 0.05) is 11.3 Å². The molecule has 0 aliphatic rings. The third-order valence-corrected chi connectivity index (χ3v) is 5.12. The SMILES string of the molecule is Cc1ccccc1NC(=S)NNC(=O)c1sc(-c2ccccc2)nc1C. The van der Waals surface area contributed by atoms with Gasteiger partial charge in [0.1, 0.15) is 9.88 Å². The largest absolute Gasteiger partial charge is 0.331 e. The molecule has 0 bridgehead atoms. The molecule has 5 nitrogen and oxygen atoms in total. The van der Waals surface area contributed by atoms with Crippen LogP contribution in [0.2, 0.25) is 0 Å². The molecule has 0 unspecified atom stereocenters. The maximum atomic E-state index is 12.4. The van der Waals surface area contributed by atoms with Crippen LogP contribution in [0.1, 0.15) is 20.9 Å². The molecule has 1 heterocycles. The zero-order valence-corrected chi connectivity index (χ0v) is 16.0. The number of hydrazine groups is 1. The second-order valence-electron chi connectivity index (χ2n) is 5.65. The van der Waals surface area contributed by atoms with E-state index < -0.39 is 0 Å². The van der Waals surface area contributed by atoms with E-state index in [4.69, 9.17) is 12.2 Å². The van der Waals surface area contributed by atoms with Gasteiger partial charge in [-0.25, -0.2) is 4.98 Å². The van der Waals surface area contributed by atoms with E-state index in [1.54, 1.807) is 0 Å². The number of hydrogen-bond donors (Lipinski definition) is 3. The summed E-state index contributed by atoms with van der Waals surface area (Å²) >= 11 is 6.58. The van der Waals surface area contributed by atoms with Crippen molar-refractivity contribution in [1.29, 1.82) is 0 Å². The van der Waals surface area contributed by atoms with E-state index in [-0.39, 0.29) is 5.91 Å². The minimum Gasteiger partial charge on any atom is -0.331 e. The molecule has 0 saturated heterocycles. The van der Waals surface area contributed by atoms with E-state index in [1.807, 2.05) is 68.4 Å². The molecular weight excluding hydrogens is 364 g/mol. The van der Waals surface area contributed by atoms with Crippen LogP contribution in [-0.4, -0.2) is 16.0 Å². The monoisotopic (exact) mass is 382 g/mol. The first-order chi connectivity index (χ1) is 12.5. The normalized spacial score (nSPS) is 10.2. The molecule has 0 spiro atoms. The van der Waals surface area contributed by atoms with Crippen molar-refractivity contribution in [2.24, 2.45) is 0 Å². The van der Waals surface area contributed by atoms with Gasteiger partial charge in [-0.3, -0.25) is 15.6 Å². The number of aryl methyl sites for hydroxylation is 2. The van der Waals surface area contributed by atoms with Gasteiger partial charge in [-0.2, -0.15) is 0 Å². The molecule has 26 heavy (non-hydrogen) atoms. The zero-order chi connectivity index (χ0) is 18.5. The van der Waals surface area contributed by atoms with E-state index in [2.05, 4.69) is 21.2 Å². The summed E-state index contributed by atoms with van der Waals surface area (Å²) in [7, 11) is 0. The van der Waals surface area contributed by atoms with Crippen LogP contribution < -0.4 is 16.2 Å². The van der Waals surface area contributed by atoms with E-state index in [1.165, 1.54) is 11.3 Å². The van der Waals surface area contributed by atoms with Crippen molar-refractivity contribution in [3.8, 4) is 10.6 Å². The molecule has 2 aromatic carbocycles. The van der Waals surface area contributed by atoms with Crippen LogP contribution in [0.5, 0.6) is 0 Å². The Balaban J connectivity index is 1.63. The molecule has 3 rings (SSSR count). The summed E-state index contributed by atoms with van der Waals surface area (Å²) in [6.07, 6.45) is 0. The first-order valence-corrected chi connectivity index (χ1v) is 9.23. The summed E-state index contributed by atoms with van der Waals surface area (Å²) < 4.78 is 0. The lowest BCUT2D eigenvalue weighted by molar-refractivity contribution is 0.0947. The summed E-state index contributed by atoms with van der Waals surface area (Å²) in [4.78, 5) is 17.5. The first kappa shape index (κ1) is 18.0. The molecule has 0 aliphatic heterocycles. The highest BCUT2D eigenvalue weighted by Gasteiger charge is 2.16. The predicted octanol–water partition coefficient (Wildman–Crippen LogP) is 4.06. The molecule has 7 heteroatoms. The second-order valence-corrected chi connectivity index (χ2v) is 7.06. The summed E-state index contributed by atoms with van der Waals surface area (Å²) in [5.41, 5.74) is 8.98. The van der Waals surface area contributed by atoms with Gasteiger partial charge in [-0.15, -0.1) is 11.3 Å². The predicted molar refractivity (Wildman–Crippen MR) is 110 cm³/mol. The third kappa shape index (κ3) is 4.25. The Kier molecular flexibility index (Phi) is 5.60. The summed E-state index contributed by atoms with van der Waals surface area (Å²) in [5, 5.41) is 4.19. The van der Waals surface area contributed by atoms with Crippen LogP contribution in [0, 0.1) is 13.8 Å². The summed E-state index contributed by atoms with van der Waals surface area (Å²) in [6.45, 7) is 3.80. The topological polar surface area (TPSA) is 66.0 Å². The highest BCUT2D eigenvalue weighted by atomic mass is 32.1. The number of carbonyl (C=O) groups is 1. The Labute approximate surface area is 161 Å². The smallest absolute Gasteiger partial charge is 0.281 e. The molecule has 1 amide bonds. The summed E-state index contributed by atoms with van der Waals surface area (Å²) in [6, 6.07) is 17.6. The quantitative estimate of drug-likeness (QED) is 0.471. The van der Waals surface area contributed by atoms with E-state index in [0.717, 1.165) is 21.8 Å². The van der Waals surface area contributed by atoms with Crippen LogP contribution in [0.4, 0.5) is 5.69 Å². The standard InChI is InChI=1S/C19H18N4OS2/c1-12-8-6-7-11-15(12)21-19(25)23-22-17(24)16-13(2)20-18(26-16)14-9-4-3-5-10-14/h3-11H,1-2H3,(H,22,24)(H2,21,23,25). The number of hydrogen-bond acceptors (Lipinski definition) is 4. The number of carbonyl (C=O) groups excluding carboxylic acids is 1. The molecular formula is C19H18N4OS2. The Morgan fingerprint density at radius 2 is 1.69 bits per heavy atom. The van der Waals surface area contributed by atoms with Crippen molar-refractivity contribution >= 4 is 40.3 Å². The van der Waals surface area contributed by atoms with Gasteiger partial charge in [0.25, 0.3) is 5.91 Å². The first-order valence-electron chi connectivity index (χ1n) is 8.00. The number of benzene rings is 2. The Morgan fingerprint density at radius 1 is 1.00 bits per heavy atom. The van der Waals surface area contributed by atoms with Crippen molar-refractivity contribution in [3.05, 3.63) is 70.7 Å². The lowest BCUT2D eigenvalue weighted by atomic mass is 10.2. The van der Waals surface area contributed by atoms with E-state index in [9.17, 15) is 4.79 Å². The average Bonchev–Trinajstić information content (AvgIpc) is 3.04. The number of thiazole rings is 1. The van der Waals surface area contributed by atoms with Gasteiger partial charge >= 0.3 is 0 Å². The molecule has 132 valence electrons. The highest BCUT2D eigenvalue weighted by Crippen LogP contribution is 2.27. The van der Waals surface area contributed by atoms with Crippen LogP contribution in [0.25, 0.3) is 10.6 Å². The van der Waals surface area contributed by atoms with Crippen molar-refractivity contribution in [3.63, 3.8) is 0 Å². The fourth-order valence-electron chi connectivity index (χ4n) is 2.35. The number of amides is 1. The van der Waals surface area contributed by atoms with Gasteiger partial charge < -0.3 is 5.32 Å². The van der Waals surface area contributed by atoms with Crippen LogP contribution in [-0.2, 0) is 0 Å². The number of rotatable bonds is 3. The van der Waals surface area contributed by atoms with Gasteiger partial charge in [-0.05, 0) is 37.7 Å². The molecule has 0 fully saturated rings. The van der Waals surface area contributed by atoms with Crippen molar-refractivity contribution in [2.45, 2.75) is 13.8 Å². The van der Waals surface area contributed by atoms with Crippen LogP contribution in [0.3, 0.4) is 0 Å². The molecule has 0 aliphatic carbocycles. The molecule has 0 saturated carbocycles. The van der Waals surface area contributed by atoms with Crippen molar-refractivity contribution in [1.82, 2.24) is 15.8 Å². The van der Waals surface area contributed by atoms with Crippen LogP contribution >= 0.6 is 23.6 Å². The number of aromatic nitrogens is 1. The number of nitrogens with zero attached hydrogens (tertiary/aromatic N) is 1. The lowest BCUT2D eigenvalue weighted by Crippen LogP contribution is -2.43. The minimum atomic E-state index is -0.267. The van der Waals surface area contributed by atoms with Gasteiger partial charge in [0.2, 0.25) is 0 Å². The fourth-order valence-corrected chi connectivity index (χ4v) is 3.48. The molecule has 0 atom stereocenters. The number of thiocarbonyl (C=S) groups is 1.